The van der Waals surface area contributed by atoms with Crippen molar-refractivity contribution in [1.29, 1.82) is 0 Å². The van der Waals surface area contributed by atoms with Crippen molar-refractivity contribution < 1.29 is 24.2 Å². The molecule has 0 aromatic heterocycles. The number of allylic oxidation sites excluding steroid dienone is 2. The third kappa shape index (κ3) is 3.43. The predicted molar refractivity (Wildman–Crippen MR) is 143 cm³/mol. The van der Waals surface area contributed by atoms with Gasteiger partial charge in [-0.1, -0.05) is 47.1 Å². The average Bonchev–Trinajstić information content (AvgIpc) is 2.78. The first-order chi connectivity index (χ1) is 16.9. The van der Waals surface area contributed by atoms with Crippen molar-refractivity contribution in [2.45, 2.75) is 119 Å². The van der Waals surface area contributed by atoms with Gasteiger partial charge in [0.05, 0.1) is 5.41 Å². The van der Waals surface area contributed by atoms with Crippen molar-refractivity contribution >= 4 is 17.7 Å². The number of ketones is 1. The molecule has 4 saturated carbocycles. The summed E-state index contributed by atoms with van der Waals surface area (Å²) in [5.74, 6) is -0.280. The molecule has 0 spiro atoms. The topological polar surface area (TPSA) is 80.7 Å². The Balaban J connectivity index is 1.58. The number of carbonyl (C=O) groups excluding carboxylic acids is 2. The monoisotopic (exact) mass is 512 g/mol. The van der Waals surface area contributed by atoms with Gasteiger partial charge in [-0.15, -0.1) is 0 Å². The Morgan fingerprint density at radius 2 is 1.57 bits per heavy atom. The molecule has 0 bridgehead atoms. The van der Waals surface area contributed by atoms with Crippen molar-refractivity contribution in [1.82, 2.24) is 0 Å². The van der Waals surface area contributed by atoms with Gasteiger partial charge in [-0.05, 0) is 104 Å². The van der Waals surface area contributed by atoms with Crippen LogP contribution in [0.25, 0.3) is 0 Å². The third-order valence-corrected chi connectivity index (χ3v) is 13.3. The number of carboxylic acids is 1. The van der Waals surface area contributed by atoms with Gasteiger partial charge in [0.15, 0.2) is 5.78 Å². The molecule has 5 aliphatic carbocycles. The van der Waals surface area contributed by atoms with Gasteiger partial charge in [0.2, 0.25) is 0 Å². The minimum Gasteiger partial charge on any atom is -0.481 e. The summed E-state index contributed by atoms with van der Waals surface area (Å²) < 4.78 is 5.82. The van der Waals surface area contributed by atoms with Gasteiger partial charge in [0.25, 0.3) is 0 Å². The number of aliphatic carboxylic acids is 1. The SMILES string of the molecule is CC(=O)O[C@H]1CC[C@@]2(C)C(CC[C@]3(C)C2C(=O)C=C2C4C[C@@](C)(C(=O)O)CC[C@]4(C)CC[C@]23C)C1(C)C. The Hall–Kier alpha value is -1.65. The largest absolute Gasteiger partial charge is 0.481 e. The standard InChI is InChI=1S/C32H48O5/c1-19(33)37-24-10-11-30(6)23(27(24,2)3)9-12-32(8)25(30)22(34)17-20-21-18-29(5,26(35)36)14-13-28(21,4)15-16-31(20,32)7/h17,21,23-25H,9-16,18H2,1-8H3,(H,35,36)/t21?,23?,24-,25?,28+,29-,30-,31+,32+/m0/s1. The van der Waals surface area contributed by atoms with E-state index in [1.54, 1.807) is 0 Å². The first kappa shape index (κ1) is 26.9. The fourth-order valence-corrected chi connectivity index (χ4v) is 10.8. The number of esters is 1. The van der Waals surface area contributed by atoms with E-state index in [9.17, 15) is 19.5 Å². The quantitative estimate of drug-likeness (QED) is 0.404. The molecule has 0 radical (unpaired) electrons. The summed E-state index contributed by atoms with van der Waals surface area (Å²) in [4.78, 5) is 38.5. The lowest BCUT2D eigenvalue weighted by atomic mass is 9.33. The maximum atomic E-state index is 14.4. The summed E-state index contributed by atoms with van der Waals surface area (Å²) in [6, 6.07) is 0. The molecule has 37 heavy (non-hydrogen) atoms. The predicted octanol–water partition coefficient (Wildman–Crippen LogP) is 6.98. The van der Waals surface area contributed by atoms with E-state index < -0.39 is 11.4 Å². The molecule has 0 amide bonds. The van der Waals surface area contributed by atoms with Crippen LogP contribution < -0.4 is 0 Å². The van der Waals surface area contributed by atoms with Gasteiger partial charge in [-0.3, -0.25) is 14.4 Å². The number of hydrogen-bond acceptors (Lipinski definition) is 4. The van der Waals surface area contributed by atoms with Crippen LogP contribution in [-0.4, -0.2) is 28.9 Å². The van der Waals surface area contributed by atoms with Gasteiger partial charge in [0, 0.05) is 18.3 Å². The van der Waals surface area contributed by atoms with Crippen molar-refractivity contribution in [2.75, 3.05) is 0 Å². The van der Waals surface area contributed by atoms with Crippen LogP contribution in [0.5, 0.6) is 0 Å². The van der Waals surface area contributed by atoms with E-state index in [2.05, 4.69) is 41.5 Å². The van der Waals surface area contributed by atoms with E-state index in [0.717, 1.165) is 44.9 Å². The Kier molecular flexibility index (Phi) is 5.78. The highest BCUT2D eigenvalue weighted by Crippen LogP contribution is 2.75. The fraction of sp³-hybridized carbons (Fsp3) is 0.844. The zero-order valence-electron chi connectivity index (χ0n) is 24.3. The van der Waals surface area contributed by atoms with Crippen molar-refractivity contribution in [3.05, 3.63) is 11.6 Å². The molecule has 0 aromatic carbocycles. The second kappa shape index (κ2) is 7.94. The second-order valence-electron chi connectivity index (χ2n) is 15.5. The van der Waals surface area contributed by atoms with E-state index in [0.29, 0.717) is 18.8 Å². The highest BCUT2D eigenvalue weighted by molar-refractivity contribution is 5.95. The molecule has 4 fully saturated rings. The number of hydrogen-bond donors (Lipinski definition) is 1. The summed E-state index contributed by atoms with van der Waals surface area (Å²) in [7, 11) is 0. The molecule has 5 rings (SSSR count). The fourth-order valence-electron chi connectivity index (χ4n) is 10.8. The molecule has 0 aliphatic heterocycles. The van der Waals surface area contributed by atoms with Crippen molar-refractivity contribution in [2.24, 2.45) is 50.2 Å². The molecule has 9 atom stereocenters. The lowest BCUT2D eigenvalue weighted by Gasteiger charge is -2.70. The number of carbonyl (C=O) groups is 3. The molecule has 206 valence electrons. The zero-order chi connectivity index (χ0) is 27.4. The number of ether oxygens (including phenoxy) is 1. The second-order valence-corrected chi connectivity index (χ2v) is 15.5. The number of rotatable bonds is 2. The molecule has 5 nitrogen and oxygen atoms in total. The lowest BCUT2D eigenvalue weighted by molar-refractivity contribution is -0.210. The summed E-state index contributed by atoms with van der Waals surface area (Å²) >= 11 is 0. The summed E-state index contributed by atoms with van der Waals surface area (Å²) in [6.45, 7) is 17.4. The van der Waals surface area contributed by atoms with Gasteiger partial charge in [0.1, 0.15) is 6.10 Å². The number of carboxylic acid groups (broad SMARTS) is 1. The molecule has 5 aliphatic rings. The molecule has 0 saturated heterocycles. The van der Waals surface area contributed by atoms with E-state index in [1.807, 2.05) is 13.0 Å². The normalized spacial score (nSPS) is 50.5. The van der Waals surface area contributed by atoms with Crippen LogP contribution in [0.15, 0.2) is 11.6 Å². The van der Waals surface area contributed by atoms with Gasteiger partial charge >= 0.3 is 11.9 Å². The first-order valence-corrected chi connectivity index (χ1v) is 14.6. The summed E-state index contributed by atoms with van der Waals surface area (Å²) in [5, 5.41) is 10.1. The van der Waals surface area contributed by atoms with Crippen LogP contribution in [-0.2, 0) is 19.1 Å². The Labute approximate surface area is 223 Å². The maximum Gasteiger partial charge on any atom is 0.309 e. The minimum absolute atomic E-state index is 0.0644. The van der Waals surface area contributed by atoms with Crippen LogP contribution in [0.1, 0.15) is 113 Å². The van der Waals surface area contributed by atoms with Crippen LogP contribution in [0, 0.1) is 50.2 Å². The van der Waals surface area contributed by atoms with Gasteiger partial charge in [-0.25, -0.2) is 0 Å². The molecular formula is C32H48O5. The van der Waals surface area contributed by atoms with E-state index >= 15 is 0 Å². The van der Waals surface area contributed by atoms with Gasteiger partial charge < -0.3 is 9.84 Å². The smallest absolute Gasteiger partial charge is 0.309 e. The Morgan fingerprint density at radius 3 is 2.19 bits per heavy atom. The molecule has 5 heteroatoms. The average molecular weight is 513 g/mol. The van der Waals surface area contributed by atoms with Crippen LogP contribution >= 0.6 is 0 Å². The molecule has 3 unspecified atom stereocenters. The lowest BCUT2D eigenvalue weighted by Crippen LogP contribution is -2.66. The third-order valence-electron chi connectivity index (χ3n) is 13.3. The minimum atomic E-state index is -0.729. The summed E-state index contributed by atoms with van der Waals surface area (Å²) in [5.41, 5.74) is -0.0327. The summed E-state index contributed by atoms with van der Waals surface area (Å²) in [6.07, 6.45) is 10.0. The highest BCUT2D eigenvalue weighted by Gasteiger charge is 2.70. The first-order valence-electron chi connectivity index (χ1n) is 14.6. The zero-order valence-corrected chi connectivity index (χ0v) is 24.3. The van der Waals surface area contributed by atoms with Gasteiger partial charge in [-0.2, -0.15) is 0 Å². The maximum absolute atomic E-state index is 14.4. The number of fused-ring (bicyclic) bond motifs is 7. The van der Waals surface area contributed by atoms with Crippen LogP contribution in [0.4, 0.5) is 0 Å². The van der Waals surface area contributed by atoms with E-state index in [-0.39, 0.29) is 56.8 Å². The molecule has 0 heterocycles. The highest BCUT2D eigenvalue weighted by atomic mass is 16.5. The Bertz CT molecular complexity index is 1070. The van der Waals surface area contributed by atoms with E-state index in [1.165, 1.54) is 12.5 Å². The van der Waals surface area contributed by atoms with Crippen molar-refractivity contribution in [3.8, 4) is 0 Å². The molecule has 0 aromatic rings. The van der Waals surface area contributed by atoms with E-state index in [4.69, 9.17) is 4.74 Å². The molecular weight excluding hydrogens is 464 g/mol. The van der Waals surface area contributed by atoms with Crippen LogP contribution in [0.2, 0.25) is 0 Å². The molecule has 1 N–H and O–H groups in total. The Morgan fingerprint density at radius 1 is 0.919 bits per heavy atom. The van der Waals surface area contributed by atoms with Crippen LogP contribution in [0.3, 0.4) is 0 Å². The van der Waals surface area contributed by atoms with Crippen molar-refractivity contribution in [3.63, 3.8) is 0 Å².